The van der Waals surface area contributed by atoms with Crippen LogP contribution in [0.25, 0.3) is 5.69 Å². The molecule has 3 heteroatoms. The first-order valence-corrected chi connectivity index (χ1v) is 8.18. The van der Waals surface area contributed by atoms with Crippen LogP contribution in [-0.4, -0.2) is 16.3 Å². The van der Waals surface area contributed by atoms with Gasteiger partial charge in [-0.1, -0.05) is 25.1 Å². The van der Waals surface area contributed by atoms with Crippen molar-refractivity contribution in [1.82, 2.24) is 15.1 Å². The maximum absolute atomic E-state index is 4.57. The quantitative estimate of drug-likeness (QED) is 0.908. The van der Waals surface area contributed by atoms with E-state index in [9.17, 15) is 0 Å². The molecule has 2 aromatic rings. The highest BCUT2D eigenvalue weighted by Crippen LogP contribution is 2.57. The SMILES string of the molecule is CCNC(c1cnn(-c2ccccc2)c1)C1CC2CC2C1. The van der Waals surface area contributed by atoms with Crippen molar-refractivity contribution in [3.8, 4) is 5.69 Å². The lowest BCUT2D eigenvalue weighted by Crippen LogP contribution is -2.27. The van der Waals surface area contributed by atoms with Gasteiger partial charge in [-0.05, 0) is 55.7 Å². The number of para-hydroxylation sites is 1. The summed E-state index contributed by atoms with van der Waals surface area (Å²) in [6, 6.07) is 10.8. The number of fused-ring (bicyclic) bond motifs is 1. The molecule has 1 aromatic carbocycles. The minimum Gasteiger partial charge on any atom is -0.310 e. The Morgan fingerprint density at radius 1 is 1.19 bits per heavy atom. The van der Waals surface area contributed by atoms with Gasteiger partial charge >= 0.3 is 0 Å². The normalized spacial score (nSPS) is 28.3. The molecule has 0 bridgehead atoms. The number of nitrogens with zero attached hydrogens (tertiary/aromatic N) is 2. The molecule has 21 heavy (non-hydrogen) atoms. The summed E-state index contributed by atoms with van der Waals surface area (Å²) in [5, 5.41) is 8.26. The van der Waals surface area contributed by atoms with E-state index < -0.39 is 0 Å². The first-order valence-electron chi connectivity index (χ1n) is 8.18. The summed E-state index contributed by atoms with van der Waals surface area (Å²) in [5.41, 5.74) is 2.47. The van der Waals surface area contributed by atoms with E-state index in [0.29, 0.717) is 6.04 Å². The van der Waals surface area contributed by atoms with Gasteiger partial charge in [0.2, 0.25) is 0 Å². The molecule has 1 N–H and O–H groups in total. The Bertz CT molecular complexity index is 594. The molecule has 110 valence electrons. The van der Waals surface area contributed by atoms with Crippen LogP contribution in [0.1, 0.15) is 37.8 Å². The predicted molar refractivity (Wildman–Crippen MR) is 84.3 cm³/mol. The van der Waals surface area contributed by atoms with Gasteiger partial charge in [0.1, 0.15) is 0 Å². The monoisotopic (exact) mass is 281 g/mol. The predicted octanol–water partition coefficient (Wildman–Crippen LogP) is 3.57. The molecule has 2 saturated carbocycles. The van der Waals surface area contributed by atoms with E-state index in [0.717, 1.165) is 30.0 Å². The summed E-state index contributed by atoms with van der Waals surface area (Å²) in [6.45, 7) is 3.22. The van der Waals surface area contributed by atoms with E-state index in [2.05, 4.69) is 47.8 Å². The molecular weight excluding hydrogens is 258 g/mol. The van der Waals surface area contributed by atoms with Crippen molar-refractivity contribution in [2.45, 2.75) is 32.2 Å². The molecule has 2 fully saturated rings. The third kappa shape index (κ3) is 2.51. The topological polar surface area (TPSA) is 29.9 Å². The van der Waals surface area contributed by atoms with Crippen LogP contribution < -0.4 is 5.32 Å². The third-order valence-electron chi connectivity index (χ3n) is 5.16. The Morgan fingerprint density at radius 3 is 2.67 bits per heavy atom. The highest BCUT2D eigenvalue weighted by atomic mass is 15.3. The van der Waals surface area contributed by atoms with Gasteiger partial charge in [-0.15, -0.1) is 0 Å². The second-order valence-electron chi connectivity index (χ2n) is 6.58. The lowest BCUT2D eigenvalue weighted by Gasteiger charge is -2.24. The zero-order valence-corrected chi connectivity index (χ0v) is 12.6. The molecule has 0 spiro atoms. The van der Waals surface area contributed by atoms with E-state index in [1.54, 1.807) is 0 Å². The summed E-state index contributed by atoms with van der Waals surface area (Å²) in [5.74, 6) is 2.85. The van der Waals surface area contributed by atoms with Crippen LogP contribution in [0.5, 0.6) is 0 Å². The summed E-state index contributed by atoms with van der Waals surface area (Å²) in [7, 11) is 0. The van der Waals surface area contributed by atoms with Gasteiger partial charge in [0.25, 0.3) is 0 Å². The molecule has 2 aliphatic rings. The van der Waals surface area contributed by atoms with Crippen molar-refractivity contribution < 1.29 is 0 Å². The fraction of sp³-hybridized carbons (Fsp3) is 0.500. The lowest BCUT2D eigenvalue weighted by atomic mass is 9.90. The van der Waals surface area contributed by atoms with Crippen LogP contribution >= 0.6 is 0 Å². The van der Waals surface area contributed by atoms with E-state index in [1.807, 2.05) is 16.9 Å². The molecule has 0 aliphatic heterocycles. The molecule has 2 aliphatic carbocycles. The van der Waals surface area contributed by atoms with Gasteiger partial charge in [-0.2, -0.15) is 5.10 Å². The summed E-state index contributed by atoms with van der Waals surface area (Å²) < 4.78 is 2.00. The number of benzene rings is 1. The van der Waals surface area contributed by atoms with Gasteiger partial charge < -0.3 is 5.32 Å². The smallest absolute Gasteiger partial charge is 0.0645 e. The largest absolute Gasteiger partial charge is 0.310 e. The Morgan fingerprint density at radius 2 is 1.95 bits per heavy atom. The number of hydrogen-bond acceptors (Lipinski definition) is 2. The molecule has 4 rings (SSSR count). The van der Waals surface area contributed by atoms with Gasteiger partial charge in [0.05, 0.1) is 11.9 Å². The average molecular weight is 281 g/mol. The molecule has 3 atom stereocenters. The van der Waals surface area contributed by atoms with Crippen LogP contribution in [0.3, 0.4) is 0 Å². The standard InChI is InChI=1S/C18H23N3/c1-2-19-18(15-9-13-8-14(13)10-15)16-11-20-21(12-16)17-6-4-3-5-7-17/h3-7,11-15,18-19H,2,8-10H2,1H3. The molecule has 1 aromatic heterocycles. The second-order valence-corrected chi connectivity index (χ2v) is 6.58. The maximum Gasteiger partial charge on any atom is 0.0645 e. The minimum atomic E-state index is 0.472. The maximum atomic E-state index is 4.57. The molecular formula is C18H23N3. The average Bonchev–Trinajstić information content (AvgIpc) is 2.93. The number of hydrogen-bond donors (Lipinski definition) is 1. The molecule has 0 amide bonds. The van der Waals surface area contributed by atoms with E-state index in [-0.39, 0.29) is 0 Å². The van der Waals surface area contributed by atoms with Gasteiger partial charge in [-0.25, -0.2) is 4.68 Å². The molecule has 1 heterocycles. The Labute approximate surface area is 126 Å². The third-order valence-corrected chi connectivity index (χ3v) is 5.16. The first kappa shape index (κ1) is 13.1. The Kier molecular flexibility index (Phi) is 3.30. The highest BCUT2D eigenvalue weighted by Gasteiger charge is 2.48. The molecule has 3 unspecified atom stereocenters. The molecule has 3 nitrogen and oxygen atoms in total. The summed E-state index contributed by atoms with van der Waals surface area (Å²) in [6.07, 6.45) is 8.53. The zero-order chi connectivity index (χ0) is 14.2. The number of aromatic nitrogens is 2. The van der Waals surface area contributed by atoms with E-state index in [4.69, 9.17) is 0 Å². The number of nitrogens with one attached hydrogen (secondary N) is 1. The van der Waals surface area contributed by atoms with E-state index >= 15 is 0 Å². The second kappa shape index (κ2) is 5.30. The summed E-state index contributed by atoms with van der Waals surface area (Å²) >= 11 is 0. The first-order chi connectivity index (χ1) is 10.3. The fourth-order valence-electron chi connectivity index (χ4n) is 4.03. The van der Waals surface area contributed by atoms with Crippen molar-refractivity contribution in [1.29, 1.82) is 0 Å². The Hall–Kier alpha value is -1.61. The number of rotatable bonds is 5. The van der Waals surface area contributed by atoms with Crippen LogP contribution in [0, 0.1) is 17.8 Å². The summed E-state index contributed by atoms with van der Waals surface area (Å²) in [4.78, 5) is 0. The van der Waals surface area contributed by atoms with E-state index in [1.165, 1.54) is 24.8 Å². The van der Waals surface area contributed by atoms with Crippen molar-refractivity contribution >= 4 is 0 Å². The van der Waals surface area contributed by atoms with Gasteiger partial charge in [0, 0.05) is 17.8 Å². The van der Waals surface area contributed by atoms with Crippen molar-refractivity contribution in [3.63, 3.8) is 0 Å². The minimum absolute atomic E-state index is 0.472. The van der Waals surface area contributed by atoms with Crippen molar-refractivity contribution in [2.24, 2.45) is 17.8 Å². The van der Waals surface area contributed by atoms with Crippen LogP contribution in [-0.2, 0) is 0 Å². The highest BCUT2D eigenvalue weighted by molar-refractivity contribution is 5.31. The van der Waals surface area contributed by atoms with Crippen LogP contribution in [0.15, 0.2) is 42.7 Å². The molecule has 0 radical (unpaired) electrons. The van der Waals surface area contributed by atoms with Crippen molar-refractivity contribution in [2.75, 3.05) is 6.54 Å². The molecule has 0 saturated heterocycles. The van der Waals surface area contributed by atoms with Crippen LogP contribution in [0.4, 0.5) is 0 Å². The van der Waals surface area contributed by atoms with Gasteiger partial charge in [-0.3, -0.25) is 0 Å². The van der Waals surface area contributed by atoms with Gasteiger partial charge in [0.15, 0.2) is 0 Å². The zero-order valence-electron chi connectivity index (χ0n) is 12.6. The van der Waals surface area contributed by atoms with Crippen LogP contribution in [0.2, 0.25) is 0 Å². The fourth-order valence-corrected chi connectivity index (χ4v) is 4.03. The lowest BCUT2D eigenvalue weighted by molar-refractivity contribution is 0.346. The Balaban J connectivity index is 1.57. The van der Waals surface area contributed by atoms with Crippen molar-refractivity contribution in [3.05, 3.63) is 48.3 Å².